The Morgan fingerprint density at radius 3 is 2.54 bits per heavy atom. The Hall–Kier alpha value is -1.72. The minimum Gasteiger partial charge on any atom is -0.325 e. The predicted octanol–water partition coefficient (Wildman–Crippen LogP) is 0.0904. The van der Waals surface area contributed by atoms with Crippen LogP contribution in [0.15, 0.2) is 36.4 Å². The molecule has 2 N–H and O–H groups in total. The standard InChI is InChI=1S/C19H25N3O2/c23-22(24)19-3-1-2-16(12-19)13-20-6-8-21(9-7-20)14-18-11-15-4-5-17(18)10-15/h1-5,12,15,17-18H,6-11,13-14H2/p+2/t15-,17+,18-/m1/s1. The number of nitrogens with zero attached hydrogens (tertiary/aromatic N) is 1. The van der Waals surface area contributed by atoms with E-state index in [0.717, 1.165) is 29.9 Å². The van der Waals surface area contributed by atoms with Crippen LogP contribution in [0.4, 0.5) is 5.69 Å². The average molecular weight is 329 g/mol. The topological polar surface area (TPSA) is 52.0 Å². The fourth-order valence-corrected chi connectivity index (χ4v) is 4.91. The predicted molar refractivity (Wildman–Crippen MR) is 91.9 cm³/mol. The zero-order valence-corrected chi connectivity index (χ0v) is 14.1. The van der Waals surface area contributed by atoms with Gasteiger partial charge in [0.2, 0.25) is 0 Å². The van der Waals surface area contributed by atoms with E-state index >= 15 is 0 Å². The van der Waals surface area contributed by atoms with Crippen molar-refractivity contribution in [3.63, 3.8) is 0 Å². The van der Waals surface area contributed by atoms with E-state index < -0.39 is 0 Å². The Morgan fingerprint density at radius 1 is 1.08 bits per heavy atom. The normalized spacial score (nSPS) is 34.6. The van der Waals surface area contributed by atoms with Gasteiger partial charge >= 0.3 is 0 Å². The molecular weight excluding hydrogens is 302 g/mol. The number of nitro benzene ring substituents is 1. The number of benzene rings is 1. The van der Waals surface area contributed by atoms with Gasteiger partial charge in [-0.1, -0.05) is 24.3 Å². The van der Waals surface area contributed by atoms with Gasteiger partial charge in [0.05, 0.1) is 11.5 Å². The fraction of sp³-hybridized carbons (Fsp3) is 0.579. The Balaban J connectivity index is 1.26. The molecule has 128 valence electrons. The lowest BCUT2D eigenvalue weighted by atomic mass is 9.93. The van der Waals surface area contributed by atoms with E-state index in [0.29, 0.717) is 0 Å². The van der Waals surface area contributed by atoms with Gasteiger partial charge in [-0.05, 0) is 24.7 Å². The van der Waals surface area contributed by atoms with Gasteiger partial charge in [0.15, 0.2) is 0 Å². The van der Waals surface area contributed by atoms with Crippen LogP contribution in [0.1, 0.15) is 18.4 Å². The number of rotatable bonds is 5. The molecule has 2 aliphatic carbocycles. The van der Waals surface area contributed by atoms with Crippen LogP contribution in [0, 0.1) is 27.9 Å². The number of nitrogens with one attached hydrogen (secondary N) is 2. The number of hydrogen-bond acceptors (Lipinski definition) is 2. The van der Waals surface area contributed by atoms with E-state index in [-0.39, 0.29) is 10.6 Å². The third-order valence-electron chi connectivity index (χ3n) is 6.21. The highest BCUT2D eigenvalue weighted by molar-refractivity contribution is 5.33. The summed E-state index contributed by atoms with van der Waals surface area (Å²) in [5.74, 6) is 2.64. The molecule has 4 rings (SSSR count). The van der Waals surface area contributed by atoms with Crippen molar-refractivity contribution in [3.05, 3.63) is 52.1 Å². The van der Waals surface area contributed by atoms with Gasteiger partial charge in [-0.2, -0.15) is 0 Å². The van der Waals surface area contributed by atoms with Crippen LogP contribution in [0.25, 0.3) is 0 Å². The molecule has 5 nitrogen and oxygen atoms in total. The Labute approximate surface area is 143 Å². The number of non-ortho nitro benzene ring substituents is 1. The van der Waals surface area contributed by atoms with Gasteiger partial charge < -0.3 is 9.80 Å². The molecule has 0 amide bonds. The highest BCUT2D eigenvalue weighted by Gasteiger charge is 2.38. The molecule has 1 saturated carbocycles. The van der Waals surface area contributed by atoms with E-state index in [1.54, 1.807) is 28.0 Å². The number of fused-ring (bicyclic) bond motifs is 2. The monoisotopic (exact) mass is 329 g/mol. The molecule has 0 unspecified atom stereocenters. The van der Waals surface area contributed by atoms with Crippen molar-refractivity contribution in [3.8, 4) is 0 Å². The first-order chi connectivity index (χ1) is 11.7. The SMILES string of the molecule is O=[N+]([O-])c1cccc(C[NH+]2CC[NH+](C[C@H]3C[C@@H]4C=C[C@H]3C4)CC2)c1. The number of quaternary nitrogens is 2. The van der Waals surface area contributed by atoms with Gasteiger partial charge in [-0.15, -0.1) is 0 Å². The Kier molecular flexibility index (Phi) is 4.37. The maximum Gasteiger partial charge on any atom is 0.269 e. The number of nitro groups is 1. The molecular formula is C19H27N3O2+2. The summed E-state index contributed by atoms with van der Waals surface area (Å²) in [6, 6.07) is 7.12. The van der Waals surface area contributed by atoms with Crippen molar-refractivity contribution < 1.29 is 14.7 Å². The fourth-order valence-electron chi connectivity index (χ4n) is 4.91. The maximum atomic E-state index is 10.9. The van der Waals surface area contributed by atoms with Gasteiger partial charge in [-0.25, -0.2) is 0 Å². The van der Waals surface area contributed by atoms with Crippen molar-refractivity contribution in [2.24, 2.45) is 17.8 Å². The molecule has 0 aromatic heterocycles. The van der Waals surface area contributed by atoms with Crippen molar-refractivity contribution in [1.29, 1.82) is 0 Å². The molecule has 1 heterocycles. The summed E-state index contributed by atoms with van der Waals surface area (Å²) in [6.07, 6.45) is 7.71. The maximum absolute atomic E-state index is 10.9. The van der Waals surface area contributed by atoms with Gasteiger partial charge in [-0.3, -0.25) is 10.1 Å². The summed E-state index contributed by atoms with van der Waals surface area (Å²) in [4.78, 5) is 13.9. The first-order valence-electron chi connectivity index (χ1n) is 9.26. The Morgan fingerprint density at radius 2 is 1.88 bits per heavy atom. The van der Waals surface area contributed by atoms with Crippen molar-refractivity contribution >= 4 is 5.69 Å². The lowest BCUT2D eigenvalue weighted by Crippen LogP contribution is -3.27. The summed E-state index contributed by atoms with van der Waals surface area (Å²) >= 11 is 0. The second-order valence-corrected chi connectivity index (χ2v) is 7.85. The van der Waals surface area contributed by atoms with Crippen LogP contribution in [0.3, 0.4) is 0 Å². The van der Waals surface area contributed by atoms with Crippen molar-refractivity contribution in [2.75, 3.05) is 32.7 Å². The molecule has 3 aliphatic rings. The molecule has 2 bridgehead atoms. The molecule has 1 aliphatic heterocycles. The van der Waals surface area contributed by atoms with Crippen LogP contribution < -0.4 is 9.80 Å². The highest BCUT2D eigenvalue weighted by Crippen LogP contribution is 2.42. The van der Waals surface area contributed by atoms with Crippen molar-refractivity contribution in [2.45, 2.75) is 19.4 Å². The molecule has 0 spiro atoms. The summed E-state index contributed by atoms with van der Waals surface area (Å²) in [7, 11) is 0. The van der Waals surface area contributed by atoms with E-state index in [1.807, 2.05) is 6.07 Å². The summed E-state index contributed by atoms with van der Waals surface area (Å²) in [6.45, 7) is 7.08. The molecule has 0 radical (unpaired) electrons. The van der Waals surface area contributed by atoms with E-state index in [2.05, 4.69) is 12.2 Å². The lowest BCUT2D eigenvalue weighted by molar-refractivity contribution is -1.02. The molecule has 3 atom stereocenters. The zero-order chi connectivity index (χ0) is 16.5. The molecule has 24 heavy (non-hydrogen) atoms. The van der Waals surface area contributed by atoms with Crippen LogP contribution in [0.2, 0.25) is 0 Å². The first-order valence-corrected chi connectivity index (χ1v) is 9.26. The van der Waals surface area contributed by atoms with Crippen LogP contribution >= 0.6 is 0 Å². The summed E-state index contributed by atoms with van der Waals surface area (Å²) in [5.41, 5.74) is 1.29. The van der Waals surface area contributed by atoms with E-state index in [9.17, 15) is 10.1 Å². The number of piperazine rings is 1. The van der Waals surface area contributed by atoms with Gasteiger partial charge in [0.1, 0.15) is 32.7 Å². The summed E-state index contributed by atoms with van der Waals surface area (Å²) < 4.78 is 0. The second kappa shape index (κ2) is 6.65. The summed E-state index contributed by atoms with van der Waals surface area (Å²) in [5, 5.41) is 10.9. The largest absolute Gasteiger partial charge is 0.325 e. The molecule has 1 saturated heterocycles. The second-order valence-electron chi connectivity index (χ2n) is 7.85. The number of hydrogen-bond donors (Lipinski definition) is 2. The van der Waals surface area contributed by atoms with Gasteiger partial charge in [0, 0.05) is 23.6 Å². The minimum atomic E-state index is -0.301. The quantitative estimate of drug-likeness (QED) is 0.457. The molecule has 1 aromatic rings. The van der Waals surface area contributed by atoms with E-state index in [1.165, 1.54) is 45.6 Å². The van der Waals surface area contributed by atoms with E-state index in [4.69, 9.17) is 0 Å². The highest BCUT2D eigenvalue weighted by atomic mass is 16.6. The molecule has 1 aromatic carbocycles. The van der Waals surface area contributed by atoms with Crippen LogP contribution in [-0.4, -0.2) is 37.6 Å². The van der Waals surface area contributed by atoms with Gasteiger partial charge in [0.25, 0.3) is 5.69 Å². The van der Waals surface area contributed by atoms with Crippen LogP contribution in [0.5, 0.6) is 0 Å². The lowest BCUT2D eigenvalue weighted by Gasteiger charge is -2.32. The number of allylic oxidation sites excluding steroid dienone is 2. The average Bonchev–Trinajstić information content (AvgIpc) is 3.20. The third-order valence-corrected chi connectivity index (χ3v) is 6.21. The smallest absolute Gasteiger partial charge is 0.269 e. The molecule has 2 fully saturated rings. The Bertz CT molecular complexity index is 637. The molecule has 5 heteroatoms. The van der Waals surface area contributed by atoms with Crippen molar-refractivity contribution in [1.82, 2.24) is 0 Å². The minimum absolute atomic E-state index is 0.209. The first kappa shape index (κ1) is 15.8. The van der Waals surface area contributed by atoms with Crippen LogP contribution in [-0.2, 0) is 6.54 Å². The zero-order valence-electron chi connectivity index (χ0n) is 14.1. The third kappa shape index (κ3) is 3.37.